The Hall–Kier alpha value is -1.06. The molecule has 0 unspecified atom stereocenters. The van der Waals surface area contributed by atoms with E-state index in [1.165, 1.54) is 0 Å². The van der Waals surface area contributed by atoms with Gasteiger partial charge in [0.1, 0.15) is 0 Å². The number of hydrogen-bond acceptors (Lipinski definition) is 2. The Morgan fingerprint density at radius 3 is 2.28 bits per heavy atom. The Morgan fingerprint density at radius 1 is 1.17 bits per heavy atom. The molecule has 106 valence electrons. The lowest BCUT2D eigenvalue weighted by Crippen LogP contribution is -2.47. The summed E-state index contributed by atoms with van der Waals surface area (Å²) in [7, 11) is 0. The molecule has 18 heavy (non-hydrogen) atoms. The van der Waals surface area contributed by atoms with Gasteiger partial charge >= 0.3 is 0 Å². The average Bonchev–Trinajstić information content (AvgIpc) is 2.24. The molecule has 4 nitrogen and oxygen atoms in total. The van der Waals surface area contributed by atoms with Crippen LogP contribution in [0.5, 0.6) is 0 Å². The standard InChI is InChI=1S/C14H28N2O2/c1-6-7-12(17)15-10-13(18)16-14(4,5)9-8-11(2)3/h11H,6-10H2,1-5H3,(H,15,17)(H,16,18). The molecule has 0 heterocycles. The first-order chi connectivity index (χ1) is 8.26. The highest BCUT2D eigenvalue weighted by Gasteiger charge is 2.20. The summed E-state index contributed by atoms with van der Waals surface area (Å²) in [5.41, 5.74) is -0.211. The molecule has 0 aromatic heterocycles. The van der Waals surface area contributed by atoms with Crippen molar-refractivity contribution >= 4 is 11.8 Å². The number of carbonyl (C=O) groups excluding carboxylic acids is 2. The summed E-state index contributed by atoms with van der Waals surface area (Å²) in [4.78, 5) is 22.9. The number of nitrogens with one attached hydrogen (secondary N) is 2. The number of carbonyl (C=O) groups is 2. The maximum Gasteiger partial charge on any atom is 0.239 e. The van der Waals surface area contributed by atoms with Crippen LogP contribution in [0.4, 0.5) is 0 Å². The summed E-state index contributed by atoms with van der Waals surface area (Å²) in [6, 6.07) is 0. The summed E-state index contributed by atoms with van der Waals surface area (Å²) in [6.07, 6.45) is 3.30. The van der Waals surface area contributed by atoms with E-state index in [1.807, 2.05) is 20.8 Å². The van der Waals surface area contributed by atoms with Gasteiger partial charge < -0.3 is 10.6 Å². The zero-order valence-electron chi connectivity index (χ0n) is 12.4. The predicted molar refractivity (Wildman–Crippen MR) is 74.2 cm³/mol. The Labute approximate surface area is 111 Å². The first-order valence-corrected chi connectivity index (χ1v) is 6.84. The second-order valence-corrected chi connectivity index (χ2v) is 5.89. The molecule has 0 bridgehead atoms. The number of amides is 2. The molecule has 0 saturated heterocycles. The van der Waals surface area contributed by atoms with Crippen LogP contribution in [0.3, 0.4) is 0 Å². The van der Waals surface area contributed by atoms with E-state index in [4.69, 9.17) is 0 Å². The lowest BCUT2D eigenvalue weighted by atomic mass is 9.94. The van der Waals surface area contributed by atoms with Crippen molar-refractivity contribution < 1.29 is 9.59 Å². The molecule has 0 aliphatic carbocycles. The molecule has 0 aromatic carbocycles. The monoisotopic (exact) mass is 256 g/mol. The topological polar surface area (TPSA) is 58.2 Å². The van der Waals surface area contributed by atoms with Crippen LogP contribution in [0.15, 0.2) is 0 Å². The van der Waals surface area contributed by atoms with Crippen LogP contribution in [0, 0.1) is 5.92 Å². The van der Waals surface area contributed by atoms with E-state index < -0.39 is 0 Å². The van der Waals surface area contributed by atoms with Crippen LogP contribution < -0.4 is 10.6 Å². The average molecular weight is 256 g/mol. The normalized spacial score (nSPS) is 11.4. The number of rotatable bonds is 8. The molecule has 2 amide bonds. The fourth-order valence-corrected chi connectivity index (χ4v) is 1.63. The SMILES string of the molecule is CCCC(=O)NCC(=O)NC(C)(C)CCC(C)C. The van der Waals surface area contributed by atoms with E-state index in [1.54, 1.807) is 0 Å². The highest BCUT2D eigenvalue weighted by Crippen LogP contribution is 2.15. The third kappa shape index (κ3) is 9.02. The maximum atomic E-state index is 11.7. The summed E-state index contributed by atoms with van der Waals surface area (Å²) in [5, 5.41) is 5.58. The summed E-state index contributed by atoms with van der Waals surface area (Å²) < 4.78 is 0. The minimum absolute atomic E-state index is 0.0624. The zero-order chi connectivity index (χ0) is 14.2. The molecule has 0 saturated carbocycles. The van der Waals surface area contributed by atoms with Crippen molar-refractivity contribution in [2.75, 3.05) is 6.54 Å². The van der Waals surface area contributed by atoms with Crippen molar-refractivity contribution in [2.45, 2.75) is 65.8 Å². The molecule has 0 atom stereocenters. The Balaban J connectivity index is 3.95. The second kappa shape index (κ2) is 8.11. The fourth-order valence-electron chi connectivity index (χ4n) is 1.63. The summed E-state index contributed by atoms with van der Waals surface area (Å²) in [5.74, 6) is 0.450. The minimum atomic E-state index is -0.211. The van der Waals surface area contributed by atoms with Crippen LogP contribution in [-0.2, 0) is 9.59 Å². The molecule has 0 spiro atoms. The quantitative estimate of drug-likeness (QED) is 0.699. The van der Waals surface area contributed by atoms with Crippen molar-refractivity contribution in [3.8, 4) is 0 Å². The van der Waals surface area contributed by atoms with Gasteiger partial charge in [-0.2, -0.15) is 0 Å². The van der Waals surface area contributed by atoms with E-state index >= 15 is 0 Å². The molecule has 0 rings (SSSR count). The van der Waals surface area contributed by atoms with Gasteiger partial charge in [0.2, 0.25) is 11.8 Å². The minimum Gasteiger partial charge on any atom is -0.350 e. The van der Waals surface area contributed by atoms with Crippen LogP contribution in [0.25, 0.3) is 0 Å². The second-order valence-electron chi connectivity index (χ2n) is 5.89. The molecule has 0 fully saturated rings. The van der Waals surface area contributed by atoms with E-state index in [2.05, 4.69) is 24.5 Å². The highest BCUT2D eigenvalue weighted by atomic mass is 16.2. The Bertz CT molecular complexity index is 273. The predicted octanol–water partition coefficient (Wildman–Crippen LogP) is 2.23. The van der Waals surface area contributed by atoms with Gasteiger partial charge in [-0.15, -0.1) is 0 Å². The molecule has 0 aromatic rings. The maximum absolute atomic E-state index is 11.7. The first kappa shape index (κ1) is 16.9. The molecule has 0 radical (unpaired) electrons. The van der Waals surface area contributed by atoms with Gasteiger partial charge in [0.05, 0.1) is 6.54 Å². The fraction of sp³-hybridized carbons (Fsp3) is 0.857. The molecule has 0 aliphatic rings. The largest absolute Gasteiger partial charge is 0.350 e. The molecular weight excluding hydrogens is 228 g/mol. The molecule has 0 aliphatic heterocycles. The van der Waals surface area contributed by atoms with Crippen LogP contribution in [-0.4, -0.2) is 23.9 Å². The zero-order valence-corrected chi connectivity index (χ0v) is 12.4. The van der Waals surface area contributed by atoms with E-state index in [9.17, 15) is 9.59 Å². The van der Waals surface area contributed by atoms with E-state index in [-0.39, 0.29) is 23.9 Å². The van der Waals surface area contributed by atoms with Crippen LogP contribution >= 0.6 is 0 Å². The lowest BCUT2D eigenvalue weighted by molar-refractivity contribution is -0.127. The Kier molecular flexibility index (Phi) is 7.64. The smallest absolute Gasteiger partial charge is 0.239 e. The van der Waals surface area contributed by atoms with Gasteiger partial charge in [-0.25, -0.2) is 0 Å². The van der Waals surface area contributed by atoms with Crippen LogP contribution in [0.2, 0.25) is 0 Å². The van der Waals surface area contributed by atoms with Gasteiger partial charge in [-0.3, -0.25) is 9.59 Å². The first-order valence-electron chi connectivity index (χ1n) is 6.84. The van der Waals surface area contributed by atoms with Gasteiger partial charge in [0.15, 0.2) is 0 Å². The molecule has 4 heteroatoms. The van der Waals surface area contributed by atoms with Crippen molar-refractivity contribution in [1.82, 2.24) is 10.6 Å². The van der Waals surface area contributed by atoms with Gasteiger partial charge in [-0.05, 0) is 39.0 Å². The highest BCUT2D eigenvalue weighted by molar-refractivity contribution is 5.84. The van der Waals surface area contributed by atoms with Crippen LogP contribution in [0.1, 0.15) is 60.3 Å². The summed E-state index contributed by atoms with van der Waals surface area (Å²) >= 11 is 0. The van der Waals surface area contributed by atoms with E-state index in [0.717, 1.165) is 19.3 Å². The third-order valence-corrected chi connectivity index (χ3v) is 2.75. The number of hydrogen-bond donors (Lipinski definition) is 2. The molecular formula is C14H28N2O2. The Morgan fingerprint density at radius 2 is 1.78 bits per heavy atom. The summed E-state index contributed by atoms with van der Waals surface area (Å²) in [6.45, 7) is 10.4. The third-order valence-electron chi connectivity index (χ3n) is 2.75. The van der Waals surface area contributed by atoms with Crippen molar-refractivity contribution in [3.05, 3.63) is 0 Å². The van der Waals surface area contributed by atoms with Gasteiger partial charge in [-0.1, -0.05) is 20.8 Å². The van der Waals surface area contributed by atoms with Gasteiger partial charge in [0.25, 0.3) is 0 Å². The van der Waals surface area contributed by atoms with Gasteiger partial charge in [0, 0.05) is 12.0 Å². The lowest BCUT2D eigenvalue weighted by Gasteiger charge is -2.27. The van der Waals surface area contributed by atoms with Crippen molar-refractivity contribution in [3.63, 3.8) is 0 Å². The van der Waals surface area contributed by atoms with Crippen molar-refractivity contribution in [1.29, 1.82) is 0 Å². The van der Waals surface area contributed by atoms with Crippen molar-refractivity contribution in [2.24, 2.45) is 5.92 Å². The molecule has 2 N–H and O–H groups in total. The van der Waals surface area contributed by atoms with E-state index in [0.29, 0.717) is 12.3 Å².